The molecule has 6 heteroatoms. The summed E-state index contributed by atoms with van der Waals surface area (Å²) in [5, 5.41) is 11.2. The van der Waals surface area contributed by atoms with E-state index >= 15 is 0 Å². The van der Waals surface area contributed by atoms with E-state index in [0.29, 0.717) is 23.3 Å². The molecular weight excluding hydrogens is 276 g/mol. The number of nitrogens with one attached hydrogen (secondary N) is 2. The van der Waals surface area contributed by atoms with Crippen LogP contribution in [0.5, 0.6) is 0 Å². The molecule has 108 valence electrons. The molecule has 3 aromatic rings. The number of hydrogen-bond donors (Lipinski definition) is 2. The van der Waals surface area contributed by atoms with Gasteiger partial charge in [0.25, 0.3) is 11.5 Å². The molecule has 1 fully saturated rings. The quantitative estimate of drug-likeness (QED) is 0.721. The average Bonchev–Trinajstić information content (AvgIpc) is 3.25. The standard InChI is InChI=1S/C16H14N6/c1-17-15-10-18-16-13(19-12-7-8-12)9-14(21-22(15)16)20-11-5-3-2-4-6-11/h2-6,9-10,12,19H,7-8H2,(H,20,21). The summed E-state index contributed by atoms with van der Waals surface area (Å²) in [7, 11) is 0. The number of nitrogens with zero attached hydrogens (tertiary/aromatic N) is 4. The molecule has 0 radical (unpaired) electrons. The molecule has 1 aliphatic carbocycles. The van der Waals surface area contributed by atoms with Crippen molar-refractivity contribution in [3.63, 3.8) is 0 Å². The Hall–Kier alpha value is -3.07. The van der Waals surface area contributed by atoms with E-state index in [9.17, 15) is 0 Å². The van der Waals surface area contributed by atoms with Crippen molar-refractivity contribution >= 4 is 28.7 Å². The molecule has 2 aromatic heterocycles. The van der Waals surface area contributed by atoms with Crippen LogP contribution in [0.4, 0.5) is 23.0 Å². The Morgan fingerprint density at radius 3 is 2.77 bits per heavy atom. The van der Waals surface area contributed by atoms with Gasteiger partial charge in [0.2, 0.25) is 0 Å². The summed E-state index contributed by atoms with van der Waals surface area (Å²) in [6.45, 7) is 7.24. The van der Waals surface area contributed by atoms with Gasteiger partial charge in [0.05, 0.1) is 6.20 Å². The highest BCUT2D eigenvalue weighted by Gasteiger charge is 2.24. The predicted octanol–water partition coefficient (Wildman–Crippen LogP) is 3.60. The first kappa shape index (κ1) is 12.7. The van der Waals surface area contributed by atoms with E-state index in [-0.39, 0.29) is 0 Å². The maximum atomic E-state index is 7.24. The number of imidazole rings is 1. The van der Waals surface area contributed by atoms with Gasteiger partial charge in [-0.3, -0.25) is 0 Å². The van der Waals surface area contributed by atoms with Gasteiger partial charge in [-0.2, -0.15) is 0 Å². The summed E-state index contributed by atoms with van der Waals surface area (Å²) in [4.78, 5) is 7.79. The van der Waals surface area contributed by atoms with Gasteiger partial charge in [-0.1, -0.05) is 29.9 Å². The Morgan fingerprint density at radius 1 is 1.23 bits per heavy atom. The molecule has 2 N–H and O–H groups in total. The maximum absolute atomic E-state index is 7.24. The first-order valence-electron chi connectivity index (χ1n) is 7.18. The molecular formula is C16H14N6. The fourth-order valence-electron chi connectivity index (χ4n) is 2.32. The van der Waals surface area contributed by atoms with Crippen LogP contribution in [0, 0.1) is 6.57 Å². The number of fused-ring (bicyclic) bond motifs is 1. The van der Waals surface area contributed by atoms with Crippen molar-refractivity contribution in [3.05, 3.63) is 54.0 Å². The van der Waals surface area contributed by atoms with Crippen LogP contribution in [-0.2, 0) is 0 Å². The van der Waals surface area contributed by atoms with Crippen molar-refractivity contribution in [1.29, 1.82) is 0 Å². The zero-order valence-electron chi connectivity index (χ0n) is 11.8. The van der Waals surface area contributed by atoms with E-state index in [2.05, 4.69) is 25.6 Å². The van der Waals surface area contributed by atoms with E-state index < -0.39 is 0 Å². The van der Waals surface area contributed by atoms with Gasteiger partial charge >= 0.3 is 0 Å². The molecule has 22 heavy (non-hydrogen) atoms. The third kappa shape index (κ3) is 2.33. The van der Waals surface area contributed by atoms with E-state index in [4.69, 9.17) is 6.57 Å². The molecule has 1 saturated carbocycles. The minimum Gasteiger partial charge on any atom is -0.377 e. The van der Waals surface area contributed by atoms with Gasteiger partial charge < -0.3 is 15.5 Å². The Bertz CT molecular complexity index is 857. The van der Waals surface area contributed by atoms with Crippen LogP contribution in [0.25, 0.3) is 10.5 Å². The average molecular weight is 290 g/mol. The molecule has 0 atom stereocenters. The van der Waals surface area contributed by atoms with Crippen molar-refractivity contribution in [2.45, 2.75) is 18.9 Å². The van der Waals surface area contributed by atoms with Crippen molar-refractivity contribution in [2.75, 3.05) is 10.6 Å². The fourth-order valence-corrected chi connectivity index (χ4v) is 2.32. The van der Waals surface area contributed by atoms with Gasteiger partial charge in [-0.15, -0.1) is 4.52 Å². The van der Waals surface area contributed by atoms with Gasteiger partial charge in [0.15, 0.2) is 5.82 Å². The van der Waals surface area contributed by atoms with Crippen molar-refractivity contribution in [3.8, 4) is 0 Å². The third-order valence-corrected chi connectivity index (χ3v) is 3.55. The molecule has 0 saturated heterocycles. The second-order valence-corrected chi connectivity index (χ2v) is 5.32. The Morgan fingerprint density at radius 2 is 2.05 bits per heavy atom. The number of hydrogen-bond acceptors (Lipinski definition) is 4. The molecule has 2 heterocycles. The van der Waals surface area contributed by atoms with E-state index in [1.807, 2.05) is 36.4 Å². The first-order chi connectivity index (χ1) is 10.8. The van der Waals surface area contributed by atoms with Crippen molar-refractivity contribution in [2.24, 2.45) is 0 Å². The van der Waals surface area contributed by atoms with Gasteiger partial charge in [-0.05, 0) is 25.0 Å². The van der Waals surface area contributed by atoms with E-state index in [0.717, 1.165) is 11.4 Å². The Kier molecular flexibility index (Phi) is 2.90. The minimum absolute atomic E-state index is 0.408. The highest BCUT2D eigenvalue weighted by atomic mass is 15.3. The summed E-state index contributed by atoms with van der Waals surface area (Å²) in [6, 6.07) is 12.3. The van der Waals surface area contributed by atoms with E-state index in [1.54, 1.807) is 10.7 Å². The van der Waals surface area contributed by atoms with Gasteiger partial charge in [-0.25, -0.2) is 4.98 Å². The lowest BCUT2D eigenvalue weighted by Crippen LogP contribution is -2.06. The molecule has 0 aliphatic heterocycles. The lowest BCUT2D eigenvalue weighted by molar-refractivity contribution is 0.953. The first-order valence-corrected chi connectivity index (χ1v) is 7.18. The van der Waals surface area contributed by atoms with Crippen molar-refractivity contribution < 1.29 is 0 Å². The Labute approximate surface area is 127 Å². The zero-order valence-corrected chi connectivity index (χ0v) is 11.8. The molecule has 0 amide bonds. The largest absolute Gasteiger partial charge is 0.377 e. The van der Waals surface area contributed by atoms with Gasteiger partial charge in [0, 0.05) is 17.8 Å². The summed E-state index contributed by atoms with van der Waals surface area (Å²) in [5.41, 5.74) is 2.55. The summed E-state index contributed by atoms with van der Waals surface area (Å²) < 4.78 is 1.59. The highest BCUT2D eigenvalue weighted by Crippen LogP contribution is 2.30. The monoisotopic (exact) mass is 290 g/mol. The lowest BCUT2D eigenvalue weighted by Gasteiger charge is -2.09. The summed E-state index contributed by atoms with van der Waals surface area (Å²) in [6.07, 6.45) is 3.90. The molecule has 1 aliphatic rings. The maximum Gasteiger partial charge on any atom is 0.275 e. The number of anilines is 3. The second kappa shape index (κ2) is 5.04. The van der Waals surface area contributed by atoms with Crippen LogP contribution in [0.1, 0.15) is 12.8 Å². The Balaban J connectivity index is 1.78. The van der Waals surface area contributed by atoms with Crippen LogP contribution in [-0.4, -0.2) is 20.6 Å². The molecule has 0 spiro atoms. The number of benzene rings is 1. The predicted molar refractivity (Wildman–Crippen MR) is 85.6 cm³/mol. The van der Waals surface area contributed by atoms with Crippen LogP contribution in [0.15, 0.2) is 42.6 Å². The normalized spacial score (nSPS) is 13.8. The third-order valence-electron chi connectivity index (χ3n) is 3.55. The van der Waals surface area contributed by atoms with Crippen molar-refractivity contribution in [1.82, 2.24) is 14.6 Å². The van der Waals surface area contributed by atoms with Crippen LogP contribution in [0.3, 0.4) is 0 Å². The SMILES string of the molecule is [C-]#[N+]c1cnc2c(NC3CC3)cc(Nc3ccccc3)nn12. The topological polar surface area (TPSA) is 58.6 Å². The fraction of sp³-hybridized carbons (Fsp3) is 0.188. The van der Waals surface area contributed by atoms with E-state index in [1.165, 1.54) is 12.8 Å². The zero-order chi connectivity index (χ0) is 14.9. The molecule has 1 aromatic carbocycles. The summed E-state index contributed by atoms with van der Waals surface area (Å²) in [5.74, 6) is 1.09. The summed E-state index contributed by atoms with van der Waals surface area (Å²) >= 11 is 0. The smallest absolute Gasteiger partial charge is 0.275 e. The molecule has 0 bridgehead atoms. The lowest BCUT2D eigenvalue weighted by atomic mass is 10.3. The van der Waals surface area contributed by atoms with Crippen LogP contribution >= 0.6 is 0 Å². The number of aromatic nitrogens is 3. The van der Waals surface area contributed by atoms with Gasteiger partial charge in [0.1, 0.15) is 5.69 Å². The second-order valence-electron chi connectivity index (χ2n) is 5.32. The van der Waals surface area contributed by atoms with Crippen LogP contribution < -0.4 is 10.6 Å². The molecule has 4 rings (SSSR count). The number of para-hydroxylation sites is 1. The molecule has 6 nitrogen and oxygen atoms in total. The van der Waals surface area contributed by atoms with Crippen LogP contribution in [0.2, 0.25) is 0 Å². The molecule has 0 unspecified atom stereocenters. The number of rotatable bonds is 4. The highest BCUT2D eigenvalue weighted by molar-refractivity contribution is 5.74. The minimum atomic E-state index is 0.408.